The van der Waals surface area contributed by atoms with Crippen molar-refractivity contribution in [3.63, 3.8) is 0 Å². The van der Waals surface area contributed by atoms with Crippen molar-refractivity contribution in [3.05, 3.63) is 0 Å². The molecular weight excluding hydrogens is 224 g/mol. The Labute approximate surface area is 113 Å². The summed E-state index contributed by atoms with van der Waals surface area (Å²) in [6, 6.07) is 0.724. The van der Waals surface area contributed by atoms with Crippen LogP contribution in [-0.4, -0.2) is 50.3 Å². The Morgan fingerprint density at radius 2 is 2.00 bits per heavy atom. The molecular formula is C15H32N2O. The number of nitrogens with one attached hydrogen (secondary N) is 1. The van der Waals surface area contributed by atoms with Crippen molar-refractivity contribution in [2.75, 3.05) is 33.3 Å². The molecule has 108 valence electrons. The Morgan fingerprint density at radius 3 is 2.56 bits per heavy atom. The van der Waals surface area contributed by atoms with Crippen molar-refractivity contribution in [3.8, 4) is 0 Å². The van der Waals surface area contributed by atoms with Gasteiger partial charge in [-0.05, 0) is 51.6 Å². The fourth-order valence-corrected chi connectivity index (χ4v) is 2.73. The van der Waals surface area contributed by atoms with Gasteiger partial charge in [-0.3, -0.25) is 0 Å². The van der Waals surface area contributed by atoms with Crippen molar-refractivity contribution in [1.29, 1.82) is 0 Å². The lowest BCUT2D eigenvalue weighted by Crippen LogP contribution is -2.38. The smallest absolute Gasteiger partial charge is 0.0595 e. The molecule has 1 fully saturated rings. The number of piperidine rings is 1. The molecule has 0 aromatic rings. The summed E-state index contributed by atoms with van der Waals surface area (Å²) in [5, 5.41) is 3.63. The molecule has 1 heterocycles. The van der Waals surface area contributed by atoms with Crippen LogP contribution in [0.5, 0.6) is 0 Å². The van der Waals surface area contributed by atoms with Gasteiger partial charge in [0.15, 0.2) is 0 Å². The lowest BCUT2D eigenvalue weighted by atomic mass is 10.1. The van der Waals surface area contributed by atoms with Crippen molar-refractivity contribution in [1.82, 2.24) is 10.2 Å². The molecule has 0 aromatic carbocycles. The summed E-state index contributed by atoms with van der Waals surface area (Å²) in [4.78, 5) is 2.60. The molecule has 1 unspecified atom stereocenters. The molecule has 1 atom stereocenters. The van der Waals surface area contributed by atoms with Crippen LogP contribution in [0, 0.1) is 0 Å². The van der Waals surface area contributed by atoms with Gasteiger partial charge in [0.25, 0.3) is 0 Å². The fourth-order valence-electron chi connectivity index (χ4n) is 2.73. The fraction of sp³-hybridized carbons (Fsp3) is 1.00. The molecule has 1 aliphatic heterocycles. The largest absolute Gasteiger partial charge is 0.381 e. The van der Waals surface area contributed by atoms with Gasteiger partial charge in [0.1, 0.15) is 0 Å². The minimum absolute atomic E-state index is 0.510. The highest BCUT2D eigenvalue weighted by molar-refractivity contribution is 4.73. The average Bonchev–Trinajstić information content (AvgIpc) is 2.43. The van der Waals surface area contributed by atoms with Crippen LogP contribution in [-0.2, 0) is 4.74 Å². The van der Waals surface area contributed by atoms with Gasteiger partial charge < -0.3 is 15.0 Å². The summed E-state index contributed by atoms with van der Waals surface area (Å²) in [5.74, 6) is 0. The minimum Gasteiger partial charge on any atom is -0.381 e. The van der Waals surface area contributed by atoms with E-state index in [0.717, 1.165) is 12.6 Å². The van der Waals surface area contributed by atoms with Crippen LogP contribution in [0.25, 0.3) is 0 Å². The second kappa shape index (κ2) is 9.76. The molecule has 0 spiro atoms. The Morgan fingerprint density at radius 1 is 1.28 bits per heavy atom. The first-order valence-corrected chi connectivity index (χ1v) is 7.78. The van der Waals surface area contributed by atoms with E-state index in [1.165, 1.54) is 58.2 Å². The molecule has 0 amide bonds. The summed E-state index contributed by atoms with van der Waals surface area (Å²) < 4.78 is 5.41. The number of likely N-dealkylation sites (tertiary alicyclic amines) is 1. The van der Waals surface area contributed by atoms with E-state index < -0.39 is 0 Å². The third kappa shape index (κ3) is 6.17. The lowest BCUT2D eigenvalue weighted by molar-refractivity contribution is 0.0405. The highest BCUT2D eigenvalue weighted by atomic mass is 16.5. The van der Waals surface area contributed by atoms with Gasteiger partial charge in [0.05, 0.1) is 6.10 Å². The van der Waals surface area contributed by atoms with E-state index in [2.05, 4.69) is 24.1 Å². The normalized spacial score (nSPS) is 20.2. The first-order chi connectivity index (χ1) is 8.80. The van der Waals surface area contributed by atoms with Gasteiger partial charge in [-0.2, -0.15) is 0 Å². The van der Waals surface area contributed by atoms with Crippen LogP contribution >= 0.6 is 0 Å². The van der Waals surface area contributed by atoms with Crippen molar-refractivity contribution >= 4 is 0 Å². The molecule has 0 bridgehead atoms. The topological polar surface area (TPSA) is 24.5 Å². The second-order valence-electron chi connectivity index (χ2n) is 5.48. The van der Waals surface area contributed by atoms with Crippen LogP contribution in [0.2, 0.25) is 0 Å². The number of nitrogens with zero attached hydrogens (tertiary/aromatic N) is 1. The maximum atomic E-state index is 5.41. The summed E-state index contributed by atoms with van der Waals surface area (Å²) in [6.45, 7) is 9.39. The minimum atomic E-state index is 0.510. The molecule has 0 aromatic heterocycles. The number of rotatable bonds is 9. The Kier molecular flexibility index (Phi) is 8.64. The van der Waals surface area contributed by atoms with E-state index in [9.17, 15) is 0 Å². The number of ether oxygens (including phenoxy) is 1. The monoisotopic (exact) mass is 256 g/mol. The SMILES string of the molecule is CCCNC(CC)CCCN1CCC(OC)CC1. The van der Waals surface area contributed by atoms with E-state index >= 15 is 0 Å². The highest BCUT2D eigenvalue weighted by Gasteiger charge is 2.18. The number of hydrogen-bond acceptors (Lipinski definition) is 3. The van der Waals surface area contributed by atoms with E-state index in [1.807, 2.05) is 7.11 Å². The Hall–Kier alpha value is -0.120. The predicted molar refractivity (Wildman–Crippen MR) is 78.1 cm³/mol. The van der Waals surface area contributed by atoms with Gasteiger partial charge in [-0.25, -0.2) is 0 Å². The van der Waals surface area contributed by atoms with Gasteiger partial charge >= 0.3 is 0 Å². The van der Waals surface area contributed by atoms with Gasteiger partial charge in [-0.1, -0.05) is 13.8 Å². The molecule has 1 aliphatic rings. The van der Waals surface area contributed by atoms with Gasteiger partial charge in [0.2, 0.25) is 0 Å². The van der Waals surface area contributed by atoms with Crippen molar-refractivity contribution in [2.24, 2.45) is 0 Å². The van der Waals surface area contributed by atoms with Crippen LogP contribution in [0.3, 0.4) is 0 Å². The van der Waals surface area contributed by atoms with Gasteiger partial charge in [0, 0.05) is 26.2 Å². The first-order valence-electron chi connectivity index (χ1n) is 7.78. The maximum absolute atomic E-state index is 5.41. The zero-order valence-corrected chi connectivity index (χ0v) is 12.6. The molecule has 3 heteroatoms. The molecule has 18 heavy (non-hydrogen) atoms. The maximum Gasteiger partial charge on any atom is 0.0595 e. The molecule has 1 rings (SSSR count). The number of hydrogen-bond donors (Lipinski definition) is 1. The summed E-state index contributed by atoms with van der Waals surface area (Å²) >= 11 is 0. The molecule has 1 N–H and O–H groups in total. The van der Waals surface area contributed by atoms with Crippen LogP contribution in [0.15, 0.2) is 0 Å². The van der Waals surface area contributed by atoms with E-state index in [0.29, 0.717) is 6.10 Å². The quantitative estimate of drug-likeness (QED) is 0.686. The van der Waals surface area contributed by atoms with Crippen LogP contribution < -0.4 is 5.32 Å². The predicted octanol–water partition coefficient (Wildman–Crippen LogP) is 2.66. The Balaban J connectivity index is 2.06. The van der Waals surface area contributed by atoms with Crippen LogP contribution in [0.1, 0.15) is 52.4 Å². The lowest BCUT2D eigenvalue weighted by Gasteiger charge is -2.31. The zero-order chi connectivity index (χ0) is 13.2. The summed E-state index contributed by atoms with van der Waals surface area (Å²) in [5.41, 5.74) is 0. The van der Waals surface area contributed by atoms with Gasteiger partial charge in [-0.15, -0.1) is 0 Å². The molecule has 0 aliphatic carbocycles. The third-order valence-electron chi connectivity index (χ3n) is 4.07. The van der Waals surface area contributed by atoms with Crippen molar-refractivity contribution < 1.29 is 4.74 Å². The summed E-state index contributed by atoms with van der Waals surface area (Å²) in [6.07, 6.45) is 8.07. The molecule has 0 saturated carbocycles. The molecule has 3 nitrogen and oxygen atoms in total. The third-order valence-corrected chi connectivity index (χ3v) is 4.07. The molecule has 1 saturated heterocycles. The zero-order valence-electron chi connectivity index (χ0n) is 12.6. The highest BCUT2D eigenvalue weighted by Crippen LogP contribution is 2.13. The molecule has 0 radical (unpaired) electrons. The first kappa shape index (κ1) is 15.9. The van der Waals surface area contributed by atoms with E-state index in [-0.39, 0.29) is 0 Å². The number of methoxy groups -OCH3 is 1. The van der Waals surface area contributed by atoms with E-state index in [1.54, 1.807) is 0 Å². The van der Waals surface area contributed by atoms with Crippen LogP contribution in [0.4, 0.5) is 0 Å². The Bertz CT molecular complexity index is 191. The van der Waals surface area contributed by atoms with Crippen molar-refractivity contribution in [2.45, 2.75) is 64.5 Å². The summed E-state index contributed by atoms with van der Waals surface area (Å²) in [7, 11) is 1.84. The van der Waals surface area contributed by atoms with E-state index in [4.69, 9.17) is 4.74 Å². The standard InChI is InChI=1S/C15H32N2O/c1-4-10-16-14(5-2)7-6-11-17-12-8-15(18-3)9-13-17/h14-16H,4-13H2,1-3H3. The second-order valence-corrected chi connectivity index (χ2v) is 5.48. The average molecular weight is 256 g/mol.